The van der Waals surface area contributed by atoms with Crippen LogP contribution in [0.25, 0.3) is 0 Å². The summed E-state index contributed by atoms with van der Waals surface area (Å²) in [7, 11) is -3.58. The van der Waals surface area contributed by atoms with Crippen molar-refractivity contribution in [1.82, 2.24) is 4.90 Å². The van der Waals surface area contributed by atoms with Crippen LogP contribution in [0.3, 0.4) is 0 Å². The van der Waals surface area contributed by atoms with E-state index in [-0.39, 0.29) is 6.54 Å². The Labute approximate surface area is 217 Å². The summed E-state index contributed by atoms with van der Waals surface area (Å²) in [5, 5.41) is 0.494. The lowest BCUT2D eigenvalue weighted by Crippen LogP contribution is -2.35. The average molecular weight is 528 g/mol. The maximum absolute atomic E-state index is 12.6. The van der Waals surface area contributed by atoms with Gasteiger partial charge in [0.15, 0.2) is 0 Å². The number of hydrogen-bond donors (Lipinski definition) is 1. The van der Waals surface area contributed by atoms with Gasteiger partial charge in [0.05, 0.1) is 37.6 Å². The van der Waals surface area contributed by atoms with E-state index >= 15 is 0 Å². The van der Waals surface area contributed by atoms with Gasteiger partial charge in [-0.25, -0.2) is 8.42 Å². The summed E-state index contributed by atoms with van der Waals surface area (Å²) in [5.74, 6) is -1.12. The van der Waals surface area contributed by atoms with Gasteiger partial charge in [-0.3, -0.25) is 14.0 Å². The molecule has 1 fully saturated rings. The van der Waals surface area contributed by atoms with E-state index in [0.717, 1.165) is 50.2 Å². The minimum Gasteiger partial charge on any atom is -0.379 e. The molecule has 0 spiro atoms. The second-order valence-electron chi connectivity index (χ2n) is 8.92. The zero-order chi connectivity index (χ0) is 25.7. The predicted octanol–water partition coefficient (Wildman–Crippen LogP) is 3.76. The second kappa shape index (κ2) is 11.4. The van der Waals surface area contributed by atoms with Gasteiger partial charge in [0, 0.05) is 24.7 Å². The van der Waals surface area contributed by atoms with Gasteiger partial charge in [-0.15, -0.1) is 0 Å². The van der Waals surface area contributed by atoms with E-state index in [0.29, 0.717) is 21.8 Å². The van der Waals surface area contributed by atoms with Crippen LogP contribution in [0.2, 0.25) is 5.02 Å². The van der Waals surface area contributed by atoms with Gasteiger partial charge >= 0.3 is 0 Å². The molecule has 9 heteroatoms. The Morgan fingerprint density at radius 2 is 1.58 bits per heavy atom. The molecule has 190 valence electrons. The number of carbonyl (C=O) groups excluding carboxylic acids is 1. The van der Waals surface area contributed by atoms with Crippen molar-refractivity contribution in [3.8, 4) is 0 Å². The van der Waals surface area contributed by atoms with Crippen LogP contribution in [-0.2, 0) is 32.6 Å². The number of rotatable bonds is 9. The van der Waals surface area contributed by atoms with Crippen molar-refractivity contribution >= 4 is 33.2 Å². The van der Waals surface area contributed by atoms with Crippen LogP contribution < -0.4 is 10.0 Å². The summed E-state index contributed by atoms with van der Waals surface area (Å²) in [5.41, 5.74) is 9.60. The van der Waals surface area contributed by atoms with E-state index in [2.05, 4.69) is 4.90 Å². The number of anilines is 1. The van der Waals surface area contributed by atoms with Crippen molar-refractivity contribution < 1.29 is 17.9 Å². The number of sulfonamides is 1. The molecule has 1 saturated heterocycles. The van der Waals surface area contributed by atoms with E-state index in [1.165, 1.54) is 4.31 Å². The molecule has 1 atom stereocenters. The molecule has 0 bridgehead atoms. The average Bonchev–Trinajstić information content (AvgIpc) is 2.85. The normalized spacial score (nSPS) is 15.4. The molecule has 1 aliphatic heterocycles. The highest BCUT2D eigenvalue weighted by molar-refractivity contribution is 7.92. The smallest absolute Gasteiger partial charge is 0.232 e. The predicted molar refractivity (Wildman–Crippen MR) is 142 cm³/mol. The van der Waals surface area contributed by atoms with Gasteiger partial charge in [-0.1, -0.05) is 66.2 Å². The lowest BCUT2D eigenvalue weighted by atomic mass is 9.90. The van der Waals surface area contributed by atoms with E-state index in [9.17, 15) is 13.2 Å². The van der Waals surface area contributed by atoms with Crippen molar-refractivity contribution in [2.45, 2.75) is 19.0 Å². The van der Waals surface area contributed by atoms with Crippen LogP contribution in [0.15, 0.2) is 72.8 Å². The summed E-state index contributed by atoms with van der Waals surface area (Å²) in [4.78, 5) is 14.8. The van der Waals surface area contributed by atoms with Gasteiger partial charge in [0.1, 0.15) is 0 Å². The topological polar surface area (TPSA) is 92.9 Å². The molecular formula is C27H30ClN3O4S. The Morgan fingerprint density at radius 3 is 2.14 bits per heavy atom. The minimum atomic E-state index is -3.58. The number of nitrogens with zero attached hydrogens (tertiary/aromatic N) is 2. The quantitative estimate of drug-likeness (QED) is 0.457. The second-order valence-corrected chi connectivity index (χ2v) is 11.2. The molecule has 0 radical (unpaired) electrons. The molecule has 0 aromatic heterocycles. The molecular weight excluding hydrogens is 498 g/mol. The lowest BCUT2D eigenvalue weighted by Gasteiger charge is -2.26. The van der Waals surface area contributed by atoms with Gasteiger partial charge in [-0.05, 0) is 40.5 Å². The Hall–Kier alpha value is -2.91. The van der Waals surface area contributed by atoms with Gasteiger partial charge in [-0.2, -0.15) is 0 Å². The fourth-order valence-corrected chi connectivity index (χ4v) is 5.44. The molecule has 0 saturated carbocycles. The molecule has 3 aromatic rings. The number of ether oxygens (including phenoxy) is 1. The van der Waals surface area contributed by atoms with Crippen LogP contribution >= 0.6 is 11.6 Å². The van der Waals surface area contributed by atoms with Crippen molar-refractivity contribution in [2.75, 3.05) is 36.9 Å². The third-order valence-corrected chi connectivity index (χ3v) is 7.80. The monoisotopic (exact) mass is 527 g/mol. The van der Waals surface area contributed by atoms with Gasteiger partial charge in [0.2, 0.25) is 15.9 Å². The molecule has 1 amide bonds. The zero-order valence-electron chi connectivity index (χ0n) is 20.1. The largest absolute Gasteiger partial charge is 0.379 e. The van der Waals surface area contributed by atoms with Crippen molar-refractivity contribution in [3.05, 3.63) is 100 Å². The maximum atomic E-state index is 12.6. The standard InChI is InChI=1S/C27H30ClN3O4S/c1-36(33,34)31(19-23-4-2-3-5-25(23)28)24-12-10-22(11-13-24)26(27(29)32)21-8-6-20(7-9-21)18-30-14-16-35-17-15-30/h2-13,26H,14-19H2,1H3,(H2,29,32). The first kappa shape index (κ1) is 26.2. The van der Waals surface area contributed by atoms with Gasteiger partial charge in [0.25, 0.3) is 0 Å². The molecule has 1 unspecified atom stereocenters. The number of amides is 1. The summed E-state index contributed by atoms with van der Waals surface area (Å²) < 4.78 is 31.8. The third kappa shape index (κ3) is 6.44. The Bertz CT molecular complexity index is 1290. The molecule has 0 aliphatic carbocycles. The SMILES string of the molecule is CS(=O)(=O)N(Cc1ccccc1Cl)c1ccc(C(C(N)=O)c2ccc(CN3CCOCC3)cc2)cc1. The Morgan fingerprint density at radius 1 is 1.00 bits per heavy atom. The third-order valence-electron chi connectivity index (χ3n) is 6.29. The zero-order valence-corrected chi connectivity index (χ0v) is 21.7. The number of carbonyl (C=O) groups is 1. The van der Waals surface area contributed by atoms with Gasteiger partial charge < -0.3 is 10.5 Å². The van der Waals surface area contributed by atoms with Crippen molar-refractivity contribution in [3.63, 3.8) is 0 Å². The number of morpholine rings is 1. The highest BCUT2D eigenvalue weighted by atomic mass is 35.5. The molecule has 36 heavy (non-hydrogen) atoms. The maximum Gasteiger partial charge on any atom is 0.232 e. The molecule has 7 nitrogen and oxygen atoms in total. The first-order valence-electron chi connectivity index (χ1n) is 11.7. The fourth-order valence-electron chi connectivity index (χ4n) is 4.37. The minimum absolute atomic E-state index is 0.0989. The molecule has 3 aromatic carbocycles. The summed E-state index contributed by atoms with van der Waals surface area (Å²) in [6, 6.07) is 21.9. The van der Waals surface area contributed by atoms with E-state index < -0.39 is 21.8 Å². The number of primary amides is 1. The summed E-state index contributed by atoms with van der Waals surface area (Å²) in [6.07, 6.45) is 1.16. The van der Waals surface area contributed by atoms with Crippen molar-refractivity contribution in [1.29, 1.82) is 0 Å². The first-order chi connectivity index (χ1) is 17.2. The highest BCUT2D eigenvalue weighted by Crippen LogP contribution is 2.29. The lowest BCUT2D eigenvalue weighted by molar-refractivity contribution is -0.118. The number of benzene rings is 3. The van der Waals surface area contributed by atoms with Crippen LogP contribution in [0.5, 0.6) is 0 Å². The van der Waals surface area contributed by atoms with Crippen LogP contribution in [0, 0.1) is 0 Å². The van der Waals surface area contributed by atoms with E-state index in [1.807, 2.05) is 30.3 Å². The molecule has 4 rings (SSSR count). The van der Waals surface area contributed by atoms with E-state index in [1.54, 1.807) is 42.5 Å². The number of hydrogen-bond acceptors (Lipinski definition) is 5. The van der Waals surface area contributed by atoms with Crippen LogP contribution in [-0.4, -0.2) is 51.8 Å². The van der Waals surface area contributed by atoms with Crippen molar-refractivity contribution in [2.24, 2.45) is 5.73 Å². The fraction of sp³-hybridized carbons (Fsp3) is 0.296. The summed E-state index contributed by atoms with van der Waals surface area (Å²) in [6.45, 7) is 4.21. The number of nitrogens with two attached hydrogens (primary N) is 1. The first-order valence-corrected chi connectivity index (χ1v) is 13.9. The Kier molecular flexibility index (Phi) is 8.31. The molecule has 2 N–H and O–H groups in total. The molecule has 1 heterocycles. The Balaban J connectivity index is 1.55. The highest BCUT2D eigenvalue weighted by Gasteiger charge is 2.23. The van der Waals surface area contributed by atoms with Crippen LogP contribution in [0.4, 0.5) is 5.69 Å². The van der Waals surface area contributed by atoms with E-state index in [4.69, 9.17) is 22.1 Å². The van der Waals surface area contributed by atoms with Crippen LogP contribution in [0.1, 0.15) is 28.2 Å². The number of halogens is 1. The molecule has 1 aliphatic rings. The summed E-state index contributed by atoms with van der Waals surface area (Å²) >= 11 is 6.26.